The van der Waals surface area contributed by atoms with Crippen molar-refractivity contribution in [1.82, 2.24) is 0 Å². The summed E-state index contributed by atoms with van der Waals surface area (Å²) < 4.78 is 35.6. The van der Waals surface area contributed by atoms with Gasteiger partial charge < -0.3 is 8.92 Å². The minimum atomic E-state index is -3.99. The Balaban J connectivity index is 1.75. The molecule has 0 unspecified atom stereocenters. The van der Waals surface area contributed by atoms with Gasteiger partial charge in [0.1, 0.15) is 4.90 Å². The van der Waals surface area contributed by atoms with Gasteiger partial charge in [0.2, 0.25) is 0 Å². The lowest BCUT2D eigenvalue weighted by molar-refractivity contribution is 0.390. The number of benzene rings is 3. The van der Waals surface area contributed by atoms with Gasteiger partial charge in [0.25, 0.3) is 0 Å². The molecule has 0 amide bonds. The van der Waals surface area contributed by atoms with Crippen molar-refractivity contribution in [3.05, 3.63) is 81.8 Å². The second-order valence-corrected chi connectivity index (χ2v) is 8.62. The van der Waals surface area contributed by atoms with Crippen LogP contribution in [0.1, 0.15) is 11.1 Å². The van der Waals surface area contributed by atoms with Crippen molar-refractivity contribution in [2.45, 2.75) is 11.8 Å². The molecule has 1 N–H and O–H groups in total. The van der Waals surface area contributed by atoms with E-state index in [0.29, 0.717) is 21.3 Å². The molecular formula is C21H18Cl2N2O4S. The number of nitrogens with zero attached hydrogens (tertiary/aromatic N) is 1. The van der Waals surface area contributed by atoms with E-state index in [1.165, 1.54) is 25.3 Å². The summed E-state index contributed by atoms with van der Waals surface area (Å²) in [5.74, 6) is 0.330. The summed E-state index contributed by atoms with van der Waals surface area (Å²) in [7, 11) is -2.56. The van der Waals surface area contributed by atoms with Gasteiger partial charge in [-0.1, -0.05) is 40.9 Å². The molecule has 0 spiro atoms. The highest BCUT2D eigenvalue weighted by atomic mass is 35.5. The number of hydrogen-bond acceptors (Lipinski definition) is 6. The minimum Gasteiger partial charge on any atom is -0.493 e. The molecule has 3 aromatic rings. The predicted octanol–water partition coefficient (Wildman–Crippen LogP) is 5.52. The Hall–Kier alpha value is -2.74. The van der Waals surface area contributed by atoms with Crippen molar-refractivity contribution in [2.24, 2.45) is 5.10 Å². The maximum absolute atomic E-state index is 12.5. The van der Waals surface area contributed by atoms with Gasteiger partial charge in [-0.05, 0) is 61.0 Å². The van der Waals surface area contributed by atoms with Crippen LogP contribution in [0.25, 0.3) is 0 Å². The molecule has 3 aromatic carbocycles. The summed E-state index contributed by atoms with van der Waals surface area (Å²) >= 11 is 11.9. The van der Waals surface area contributed by atoms with Crippen molar-refractivity contribution in [1.29, 1.82) is 0 Å². The molecular weight excluding hydrogens is 447 g/mol. The Bertz CT molecular complexity index is 1180. The minimum absolute atomic E-state index is 0.0617. The van der Waals surface area contributed by atoms with Crippen LogP contribution in [0.5, 0.6) is 11.5 Å². The SMILES string of the molecule is COc1cc(/C=N/Nc2ccc(Cl)c(Cl)c2)ccc1OS(=O)(=O)c1ccc(C)cc1. The normalized spacial score (nSPS) is 11.5. The van der Waals surface area contributed by atoms with E-state index in [1.54, 1.807) is 48.7 Å². The maximum Gasteiger partial charge on any atom is 0.339 e. The number of rotatable bonds is 7. The summed E-state index contributed by atoms with van der Waals surface area (Å²) in [6.45, 7) is 1.87. The number of methoxy groups -OCH3 is 1. The molecule has 0 fully saturated rings. The molecule has 0 atom stereocenters. The van der Waals surface area contributed by atoms with Crippen LogP contribution in [-0.4, -0.2) is 21.7 Å². The van der Waals surface area contributed by atoms with Crippen LogP contribution in [0.2, 0.25) is 10.0 Å². The van der Waals surface area contributed by atoms with Crippen LogP contribution in [0.15, 0.2) is 70.7 Å². The second-order valence-electron chi connectivity index (χ2n) is 6.26. The average molecular weight is 465 g/mol. The molecule has 0 aliphatic carbocycles. The standard InChI is InChI=1S/C21H18Cl2N2O4S/c1-14-3-7-17(8-4-14)30(26,27)29-20-10-5-15(11-21(20)28-2)13-24-25-16-6-9-18(22)19(23)12-16/h3-13,25H,1-2H3/b24-13+. The van der Waals surface area contributed by atoms with Gasteiger partial charge in [-0.2, -0.15) is 13.5 Å². The van der Waals surface area contributed by atoms with E-state index in [0.717, 1.165) is 5.56 Å². The molecule has 0 saturated heterocycles. The number of hydrogen-bond donors (Lipinski definition) is 1. The number of anilines is 1. The van der Waals surface area contributed by atoms with Gasteiger partial charge in [-0.3, -0.25) is 5.43 Å². The van der Waals surface area contributed by atoms with Gasteiger partial charge in [-0.15, -0.1) is 0 Å². The molecule has 6 nitrogen and oxygen atoms in total. The molecule has 0 radical (unpaired) electrons. The number of hydrazone groups is 1. The van der Waals surface area contributed by atoms with Gasteiger partial charge in [0, 0.05) is 0 Å². The summed E-state index contributed by atoms with van der Waals surface area (Å²) in [6, 6.07) is 16.2. The highest BCUT2D eigenvalue weighted by molar-refractivity contribution is 7.87. The van der Waals surface area contributed by atoms with Gasteiger partial charge in [0.05, 0.1) is 29.1 Å². The van der Waals surface area contributed by atoms with Gasteiger partial charge in [0.15, 0.2) is 11.5 Å². The number of halogens is 2. The smallest absolute Gasteiger partial charge is 0.339 e. The third-order valence-electron chi connectivity index (χ3n) is 4.02. The summed E-state index contributed by atoms with van der Waals surface area (Å²) in [4.78, 5) is 0.0617. The maximum atomic E-state index is 12.5. The van der Waals surface area contributed by atoms with Crippen LogP contribution in [0.3, 0.4) is 0 Å². The van der Waals surface area contributed by atoms with Crippen LogP contribution in [-0.2, 0) is 10.1 Å². The summed E-state index contributed by atoms with van der Waals surface area (Å²) in [6.07, 6.45) is 1.54. The topological polar surface area (TPSA) is 77.0 Å². The van der Waals surface area contributed by atoms with E-state index in [-0.39, 0.29) is 16.4 Å². The van der Waals surface area contributed by atoms with Crippen LogP contribution in [0, 0.1) is 6.92 Å². The predicted molar refractivity (Wildman–Crippen MR) is 120 cm³/mol. The van der Waals surface area contributed by atoms with Crippen molar-refractivity contribution in [2.75, 3.05) is 12.5 Å². The van der Waals surface area contributed by atoms with Gasteiger partial charge in [-0.25, -0.2) is 0 Å². The Morgan fingerprint density at radius 1 is 0.933 bits per heavy atom. The average Bonchev–Trinajstić information content (AvgIpc) is 2.71. The van der Waals surface area contributed by atoms with Crippen molar-refractivity contribution < 1.29 is 17.3 Å². The molecule has 0 aromatic heterocycles. The van der Waals surface area contributed by atoms with Crippen LogP contribution < -0.4 is 14.3 Å². The zero-order valence-electron chi connectivity index (χ0n) is 16.1. The van der Waals surface area contributed by atoms with Crippen LogP contribution >= 0.6 is 23.2 Å². The lowest BCUT2D eigenvalue weighted by Crippen LogP contribution is -2.10. The molecule has 0 aliphatic heterocycles. The Kier molecular flexibility index (Phi) is 6.87. The molecule has 3 rings (SSSR count). The molecule has 0 aliphatic rings. The zero-order valence-corrected chi connectivity index (χ0v) is 18.4. The first kappa shape index (κ1) is 22.0. The highest BCUT2D eigenvalue weighted by Gasteiger charge is 2.19. The summed E-state index contributed by atoms with van der Waals surface area (Å²) in [5.41, 5.74) is 5.11. The number of aryl methyl sites for hydroxylation is 1. The van der Waals surface area contributed by atoms with Crippen LogP contribution in [0.4, 0.5) is 5.69 Å². The lowest BCUT2D eigenvalue weighted by atomic mass is 10.2. The van der Waals surface area contributed by atoms with Crippen molar-refractivity contribution in [3.63, 3.8) is 0 Å². The molecule has 0 saturated carbocycles. The van der Waals surface area contributed by atoms with E-state index >= 15 is 0 Å². The van der Waals surface area contributed by atoms with E-state index < -0.39 is 10.1 Å². The third kappa shape index (κ3) is 5.44. The fourth-order valence-electron chi connectivity index (χ4n) is 2.45. The van der Waals surface area contributed by atoms with Crippen molar-refractivity contribution >= 4 is 45.2 Å². The Labute approximate surface area is 185 Å². The first-order valence-electron chi connectivity index (χ1n) is 8.72. The Morgan fingerprint density at radius 3 is 2.33 bits per heavy atom. The Morgan fingerprint density at radius 2 is 1.67 bits per heavy atom. The fraction of sp³-hybridized carbons (Fsp3) is 0.0952. The van der Waals surface area contributed by atoms with E-state index in [4.69, 9.17) is 32.1 Å². The summed E-state index contributed by atoms with van der Waals surface area (Å²) in [5, 5.41) is 4.99. The highest BCUT2D eigenvalue weighted by Crippen LogP contribution is 2.30. The number of nitrogens with one attached hydrogen (secondary N) is 1. The van der Waals surface area contributed by atoms with Crippen molar-refractivity contribution in [3.8, 4) is 11.5 Å². The quantitative estimate of drug-likeness (QED) is 0.282. The van der Waals surface area contributed by atoms with E-state index in [1.807, 2.05) is 6.92 Å². The second kappa shape index (κ2) is 9.38. The first-order valence-corrected chi connectivity index (χ1v) is 10.9. The largest absolute Gasteiger partial charge is 0.493 e. The van der Waals surface area contributed by atoms with E-state index in [2.05, 4.69) is 10.5 Å². The van der Waals surface area contributed by atoms with Gasteiger partial charge >= 0.3 is 10.1 Å². The molecule has 9 heteroatoms. The lowest BCUT2D eigenvalue weighted by Gasteiger charge is -2.11. The molecule has 0 bridgehead atoms. The first-order chi connectivity index (χ1) is 14.3. The fourth-order valence-corrected chi connectivity index (χ4v) is 3.69. The molecule has 30 heavy (non-hydrogen) atoms. The zero-order chi connectivity index (χ0) is 21.7. The monoisotopic (exact) mass is 464 g/mol. The van der Waals surface area contributed by atoms with E-state index in [9.17, 15) is 8.42 Å². The number of ether oxygens (including phenoxy) is 1. The third-order valence-corrected chi connectivity index (χ3v) is 6.01. The molecule has 0 heterocycles. The molecule has 156 valence electrons.